The molecule has 19 heavy (non-hydrogen) atoms. The third kappa shape index (κ3) is 2.83. The summed E-state index contributed by atoms with van der Waals surface area (Å²) in [6, 6.07) is 4.70. The Hall–Kier alpha value is -2.11. The summed E-state index contributed by atoms with van der Waals surface area (Å²) in [5.74, 6) is 0.516. The van der Waals surface area contributed by atoms with E-state index in [2.05, 4.69) is 6.92 Å². The highest BCUT2D eigenvalue weighted by Crippen LogP contribution is 2.26. The SMILES string of the molecule is CCC1CC(=O)N(Cc2ccc(N)c([N+](=O)[O-])c2)C1. The Morgan fingerprint density at radius 2 is 2.26 bits per heavy atom. The molecule has 1 saturated heterocycles. The lowest BCUT2D eigenvalue weighted by atomic mass is 10.1. The summed E-state index contributed by atoms with van der Waals surface area (Å²) >= 11 is 0. The Labute approximate surface area is 111 Å². The number of nitro groups is 1. The Balaban J connectivity index is 2.14. The van der Waals surface area contributed by atoms with E-state index in [1.807, 2.05) is 0 Å². The molecular weight excluding hydrogens is 246 g/mol. The van der Waals surface area contributed by atoms with Gasteiger partial charge in [-0.25, -0.2) is 0 Å². The number of nitrogens with zero attached hydrogens (tertiary/aromatic N) is 2. The van der Waals surface area contributed by atoms with Crippen molar-refractivity contribution in [3.8, 4) is 0 Å². The first kappa shape index (κ1) is 13.3. The summed E-state index contributed by atoms with van der Waals surface area (Å²) in [6.45, 7) is 3.21. The van der Waals surface area contributed by atoms with Gasteiger partial charge in [0, 0.05) is 25.6 Å². The monoisotopic (exact) mass is 263 g/mol. The fourth-order valence-corrected chi connectivity index (χ4v) is 2.35. The van der Waals surface area contributed by atoms with Crippen LogP contribution < -0.4 is 5.73 Å². The summed E-state index contributed by atoms with van der Waals surface area (Å²) in [4.78, 5) is 23.9. The van der Waals surface area contributed by atoms with Crippen molar-refractivity contribution in [1.82, 2.24) is 4.90 Å². The van der Waals surface area contributed by atoms with Crippen LogP contribution in [0.2, 0.25) is 0 Å². The lowest BCUT2D eigenvalue weighted by Crippen LogP contribution is -2.24. The molecule has 1 aromatic rings. The molecule has 102 valence electrons. The molecule has 6 nitrogen and oxygen atoms in total. The highest BCUT2D eigenvalue weighted by Gasteiger charge is 2.28. The number of amides is 1. The second kappa shape index (κ2) is 5.26. The molecule has 0 spiro atoms. The summed E-state index contributed by atoms with van der Waals surface area (Å²) in [6.07, 6.45) is 1.55. The van der Waals surface area contributed by atoms with E-state index in [4.69, 9.17) is 5.73 Å². The van der Waals surface area contributed by atoms with Crippen LogP contribution >= 0.6 is 0 Å². The van der Waals surface area contributed by atoms with Crippen LogP contribution in [-0.2, 0) is 11.3 Å². The Morgan fingerprint density at radius 3 is 2.84 bits per heavy atom. The molecule has 2 N–H and O–H groups in total. The summed E-state index contributed by atoms with van der Waals surface area (Å²) in [7, 11) is 0. The molecule has 0 bridgehead atoms. The number of nitro benzene ring substituents is 1. The highest BCUT2D eigenvalue weighted by atomic mass is 16.6. The first-order chi connectivity index (χ1) is 9.01. The number of nitrogens with two attached hydrogens (primary N) is 1. The molecule has 6 heteroatoms. The van der Waals surface area contributed by atoms with Gasteiger partial charge in [0.25, 0.3) is 5.69 Å². The van der Waals surface area contributed by atoms with Gasteiger partial charge in [0.15, 0.2) is 0 Å². The number of carbonyl (C=O) groups is 1. The zero-order valence-electron chi connectivity index (χ0n) is 10.8. The summed E-state index contributed by atoms with van der Waals surface area (Å²) in [5.41, 5.74) is 6.33. The van der Waals surface area contributed by atoms with Crippen molar-refractivity contribution in [2.75, 3.05) is 12.3 Å². The van der Waals surface area contributed by atoms with Crippen LogP contribution in [-0.4, -0.2) is 22.3 Å². The van der Waals surface area contributed by atoms with E-state index in [9.17, 15) is 14.9 Å². The van der Waals surface area contributed by atoms with E-state index in [1.165, 1.54) is 12.1 Å². The zero-order chi connectivity index (χ0) is 14.0. The number of hydrogen-bond donors (Lipinski definition) is 1. The van der Waals surface area contributed by atoms with Crippen molar-refractivity contribution >= 4 is 17.3 Å². The van der Waals surface area contributed by atoms with Crippen molar-refractivity contribution in [3.63, 3.8) is 0 Å². The number of rotatable bonds is 4. The van der Waals surface area contributed by atoms with Crippen LogP contribution in [0.1, 0.15) is 25.3 Å². The molecule has 2 rings (SSSR count). The maximum absolute atomic E-state index is 11.8. The molecule has 0 saturated carbocycles. The molecule has 0 aromatic heterocycles. The minimum atomic E-state index is -0.501. The normalized spacial score (nSPS) is 18.9. The van der Waals surface area contributed by atoms with Crippen LogP contribution in [0, 0.1) is 16.0 Å². The van der Waals surface area contributed by atoms with Crippen molar-refractivity contribution < 1.29 is 9.72 Å². The van der Waals surface area contributed by atoms with Gasteiger partial charge in [0.05, 0.1) is 4.92 Å². The molecule has 1 atom stereocenters. The minimum absolute atomic E-state index is 0.101. The van der Waals surface area contributed by atoms with Crippen LogP contribution in [0.25, 0.3) is 0 Å². The van der Waals surface area contributed by atoms with Crippen molar-refractivity contribution in [2.45, 2.75) is 26.3 Å². The number of hydrogen-bond acceptors (Lipinski definition) is 4. The van der Waals surface area contributed by atoms with E-state index in [0.29, 0.717) is 18.9 Å². The van der Waals surface area contributed by atoms with Gasteiger partial charge in [-0.15, -0.1) is 0 Å². The summed E-state index contributed by atoms with van der Waals surface area (Å²) < 4.78 is 0. The fraction of sp³-hybridized carbons (Fsp3) is 0.462. The quantitative estimate of drug-likeness (QED) is 0.510. The highest BCUT2D eigenvalue weighted by molar-refractivity contribution is 5.78. The van der Waals surface area contributed by atoms with Crippen LogP contribution in [0.15, 0.2) is 18.2 Å². The van der Waals surface area contributed by atoms with Crippen molar-refractivity contribution in [1.29, 1.82) is 0 Å². The summed E-state index contributed by atoms with van der Waals surface area (Å²) in [5, 5.41) is 10.8. The Kier molecular flexibility index (Phi) is 3.69. The largest absolute Gasteiger partial charge is 0.393 e. The predicted molar refractivity (Wildman–Crippen MR) is 71.3 cm³/mol. The van der Waals surface area contributed by atoms with Gasteiger partial charge in [-0.3, -0.25) is 14.9 Å². The average molecular weight is 263 g/mol. The molecule has 0 radical (unpaired) electrons. The number of nitrogen functional groups attached to an aromatic ring is 1. The molecule has 1 aliphatic rings. The average Bonchev–Trinajstić information content (AvgIpc) is 2.72. The van der Waals surface area contributed by atoms with Gasteiger partial charge in [-0.05, 0) is 17.5 Å². The number of likely N-dealkylation sites (tertiary alicyclic amines) is 1. The Bertz CT molecular complexity index is 516. The van der Waals surface area contributed by atoms with Gasteiger partial charge in [0.1, 0.15) is 5.69 Å². The van der Waals surface area contributed by atoms with Gasteiger partial charge >= 0.3 is 0 Å². The smallest absolute Gasteiger partial charge is 0.292 e. The molecule has 0 aliphatic carbocycles. The van der Waals surface area contributed by atoms with Crippen molar-refractivity contribution in [3.05, 3.63) is 33.9 Å². The molecular formula is C13H17N3O3. The molecule has 1 fully saturated rings. The van der Waals surface area contributed by atoms with E-state index in [1.54, 1.807) is 11.0 Å². The van der Waals surface area contributed by atoms with Crippen molar-refractivity contribution in [2.24, 2.45) is 5.92 Å². The van der Waals surface area contributed by atoms with Crippen LogP contribution in [0.4, 0.5) is 11.4 Å². The molecule has 1 aromatic carbocycles. The van der Waals surface area contributed by atoms with Gasteiger partial charge < -0.3 is 10.6 Å². The van der Waals surface area contributed by atoms with E-state index in [0.717, 1.165) is 18.5 Å². The first-order valence-electron chi connectivity index (χ1n) is 6.31. The van der Waals surface area contributed by atoms with Gasteiger partial charge in [-0.1, -0.05) is 19.4 Å². The van der Waals surface area contributed by atoms with Crippen LogP contribution in [0.3, 0.4) is 0 Å². The number of anilines is 1. The first-order valence-corrected chi connectivity index (χ1v) is 6.31. The number of benzene rings is 1. The fourth-order valence-electron chi connectivity index (χ4n) is 2.35. The lowest BCUT2D eigenvalue weighted by molar-refractivity contribution is -0.384. The predicted octanol–water partition coefficient (Wildman–Crippen LogP) is 1.94. The maximum atomic E-state index is 11.8. The molecule has 1 unspecified atom stereocenters. The van der Waals surface area contributed by atoms with Gasteiger partial charge in [0.2, 0.25) is 5.91 Å². The minimum Gasteiger partial charge on any atom is -0.393 e. The lowest BCUT2D eigenvalue weighted by Gasteiger charge is -2.16. The van der Waals surface area contributed by atoms with E-state index < -0.39 is 4.92 Å². The Morgan fingerprint density at radius 1 is 1.53 bits per heavy atom. The number of carbonyl (C=O) groups excluding carboxylic acids is 1. The molecule has 1 heterocycles. The molecule has 1 aliphatic heterocycles. The third-order valence-electron chi connectivity index (χ3n) is 3.54. The van der Waals surface area contributed by atoms with E-state index in [-0.39, 0.29) is 17.3 Å². The second-order valence-corrected chi connectivity index (χ2v) is 4.90. The standard InChI is InChI=1S/C13H17N3O3/c1-2-9-6-13(17)15(7-9)8-10-3-4-11(14)12(5-10)16(18)19/h3-5,9H,2,6-8,14H2,1H3. The zero-order valence-corrected chi connectivity index (χ0v) is 10.8. The van der Waals surface area contributed by atoms with E-state index >= 15 is 0 Å². The molecule has 1 amide bonds. The van der Waals surface area contributed by atoms with Crippen LogP contribution in [0.5, 0.6) is 0 Å². The van der Waals surface area contributed by atoms with Gasteiger partial charge in [-0.2, -0.15) is 0 Å². The third-order valence-corrected chi connectivity index (χ3v) is 3.54. The second-order valence-electron chi connectivity index (χ2n) is 4.90. The topological polar surface area (TPSA) is 89.5 Å². The maximum Gasteiger partial charge on any atom is 0.292 e.